The number of alkyl carbamates (subject to hydrolysis) is 1. The van der Waals surface area contributed by atoms with E-state index in [0.29, 0.717) is 36.2 Å². The maximum atomic E-state index is 13.2. The first-order valence-corrected chi connectivity index (χ1v) is 7.61. The molecule has 1 aliphatic carbocycles. The van der Waals surface area contributed by atoms with E-state index in [-0.39, 0.29) is 12.1 Å². The maximum Gasteiger partial charge on any atom is 0.407 e. The Labute approximate surface area is 135 Å². The molecule has 0 atom stereocenters. The molecule has 8 nitrogen and oxygen atoms in total. The Morgan fingerprint density at radius 3 is 2.96 bits per heavy atom. The molecule has 1 aliphatic heterocycles. The third-order valence-corrected chi connectivity index (χ3v) is 4.25. The molecule has 1 saturated carbocycles. The number of rotatable bonds is 4. The lowest BCUT2D eigenvalue weighted by Gasteiger charge is -2.42. The van der Waals surface area contributed by atoms with E-state index >= 15 is 0 Å². The lowest BCUT2D eigenvalue weighted by molar-refractivity contribution is -0.0147. The molecule has 2 fully saturated rings. The second kappa shape index (κ2) is 4.99. The Balaban J connectivity index is 1.50. The van der Waals surface area contributed by atoms with Gasteiger partial charge in [-0.15, -0.1) is 0 Å². The zero-order valence-corrected chi connectivity index (χ0v) is 12.9. The monoisotopic (exact) mass is 338 g/mol. The number of anilines is 1. The van der Waals surface area contributed by atoms with Gasteiger partial charge in [-0.05, 0) is 0 Å². The fraction of sp³-hybridized carbons (Fsp3) is 0.571. The number of nitrogens with one attached hydrogen (secondary N) is 2. The summed E-state index contributed by atoms with van der Waals surface area (Å²) in [4.78, 5) is 19.4. The topological polar surface area (TPSA) is 94.0 Å². The van der Waals surface area contributed by atoms with Crippen LogP contribution in [0.2, 0.25) is 0 Å². The van der Waals surface area contributed by atoms with E-state index in [4.69, 9.17) is 4.74 Å². The van der Waals surface area contributed by atoms with Gasteiger partial charge >= 0.3 is 6.09 Å². The Morgan fingerprint density at radius 2 is 2.29 bits per heavy atom. The van der Waals surface area contributed by atoms with Gasteiger partial charge in [0.2, 0.25) is 0 Å². The van der Waals surface area contributed by atoms with Gasteiger partial charge < -0.3 is 15.4 Å². The lowest BCUT2D eigenvalue weighted by atomic mass is 9.76. The van der Waals surface area contributed by atoms with Crippen LogP contribution in [0.3, 0.4) is 0 Å². The molecule has 1 saturated heterocycles. The predicted molar refractivity (Wildman–Crippen MR) is 79.8 cm³/mol. The van der Waals surface area contributed by atoms with Crippen molar-refractivity contribution in [2.24, 2.45) is 0 Å². The molecule has 10 heteroatoms. The second-order valence-corrected chi connectivity index (χ2v) is 6.53. The van der Waals surface area contributed by atoms with Crippen LogP contribution in [0.15, 0.2) is 12.5 Å². The van der Waals surface area contributed by atoms with Gasteiger partial charge in [0.15, 0.2) is 5.65 Å². The molecule has 4 rings (SSSR count). The van der Waals surface area contributed by atoms with Gasteiger partial charge in [-0.25, -0.2) is 23.5 Å². The van der Waals surface area contributed by atoms with Gasteiger partial charge in [0, 0.05) is 32.0 Å². The quantitative estimate of drug-likeness (QED) is 0.878. The highest BCUT2D eigenvalue weighted by molar-refractivity contribution is 5.85. The maximum absolute atomic E-state index is 13.2. The Bertz CT molecular complexity index is 796. The van der Waals surface area contributed by atoms with Crippen LogP contribution in [0.4, 0.5) is 19.4 Å². The largest absolute Gasteiger partial charge is 0.441 e. The molecule has 2 N–H and O–H groups in total. The van der Waals surface area contributed by atoms with Crippen molar-refractivity contribution in [3.63, 3.8) is 0 Å². The summed E-state index contributed by atoms with van der Waals surface area (Å²) < 4.78 is 32.8. The lowest BCUT2D eigenvalue weighted by Crippen LogP contribution is -2.53. The third-order valence-electron chi connectivity index (χ3n) is 4.25. The summed E-state index contributed by atoms with van der Waals surface area (Å²) in [6.07, 6.45) is 3.80. The summed E-state index contributed by atoms with van der Waals surface area (Å²) >= 11 is 0. The van der Waals surface area contributed by atoms with Gasteiger partial charge in [-0.1, -0.05) is 0 Å². The fourth-order valence-corrected chi connectivity index (χ4v) is 3.23. The number of carbonyl (C=O) groups excluding carboxylic acids is 1. The molecule has 1 amide bonds. The van der Waals surface area contributed by atoms with E-state index < -0.39 is 18.1 Å². The van der Waals surface area contributed by atoms with Gasteiger partial charge in [-0.2, -0.15) is 5.10 Å². The highest BCUT2D eigenvalue weighted by atomic mass is 19.3. The van der Waals surface area contributed by atoms with E-state index in [0.717, 1.165) is 6.92 Å². The minimum atomic E-state index is -2.86. The molecular weight excluding hydrogens is 322 g/mol. The van der Waals surface area contributed by atoms with Crippen LogP contribution in [0.25, 0.3) is 11.0 Å². The molecule has 3 heterocycles. The number of fused-ring (bicyclic) bond motifs is 1. The highest BCUT2D eigenvalue weighted by Crippen LogP contribution is 2.40. The summed E-state index contributed by atoms with van der Waals surface area (Å²) in [5.74, 6) is -2.31. The molecule has 2 aromatic rings. The molecule has 2 aromatic heterocycles. The summed E-state index contributed by atoms with van der Waals surface area (Å²) in [5, 5.41) is 10.5. The average molecular weight is 338 g/mol. The van der Waals surface area contributed by atoms with Crippen LogP contribution in [0.5, 0.6) is 0 Å². The number of aromatic nitrogens is 4. The zero-order valence-electron chi connectivity index (χ0n) is 12.9. The highest BCUT2D eigenvalue weighted by Gasteiger charge is 2.51. The molecule has 0 bridgehead atoms. The van der Waals surface area contributed by atoms with Crippen LogP contribution in [0, 0.1) is 0 Å². The van der Waals surface area contributed by atoms with Crippen LogP contribution in [-0.4, -0.2) is 50.0 Å². The predicted octanol–water partition coefficient (Wildman–Crippen LogP) is 1.53. The molecule has 24 heavy (non-hydrogen) atoms. The minimum Gasteiger partial charge on any atom is -0.441 e. The summed E-state index contributed by atoms with van der Waals surface area (Å²) in [6.45, 7) is 0.832. The number of nitrogens with zero attached hydrogens (tertiary/aromatic N) is 4. The summed E-state index contributed by atoms with van der Waals surface area (Å²) in [6, 6.07) is 0.0896. The van der Waals surface area contributed by atoms with Crippen LogP contribution in [0.1, 0.15) is 19.8 Å². The first-order valence-electron chi connectivity index (χ1n) is 7.61. The zero-order chi connectivity index (χ0) is 16.9. The number of hydrogen-bond acceptors (Lipinski definition) is 6. The third kappa shape index (κ3) is 2.72. The molecule has 2 aliphatic rings. The fourth-order valence-electron chi connectivity index (χ4n) is 3.23. The molecule has 0 unspecified atom stereocenters. The molecule has 0 radical (unpaired) electrons. The van der Waals surface area contributed by atoms with Crippen LogP contribution >= 0.6 is 0 Å². The second-order valence-electron chi connectivity index (χ2n) is 6.53. The van der Waals surface area contributed by atoms with Crippen molar-refractivity contribution in [2.45, 2.75) is 43.9 Å². The normalized spacial score (nSPS) is 26.3. The molecule has 128 valence electrons. The van der Waals surface area contributed by atoms with Gasteiger partial charge in [0.25, 0.3) is 5.92 Å². The number of halogens is 2. The number of ether oxygens (including phenoxy) is 1. The van der Waals surface area contributed by atoms with E-state index in [2.05, 4.69) is 25.7 Å². The molecule has 1 spiro atoms. The first kappa shape index (κ1) is 15.0. The standard InChI is InChI=1S/C14H16F2N6O2/c1-13(15,16)6-22-4-9-10(18-7-19-11(9)21-22)20-8-2-14(3-8)5-17-12(23)24-14/h4,7-8H,2-3,5-6H2,1H3,(H,17,23)(H,18,19,20,21). The Morgan fingerprint density at radius 1 is 1.50 bits per heavy atom. The molecule has 0 aromatic carbocycles. The van der Waals surface area contributed by atoms with Gasteiger partial charge in [-0.3, -0.25) is 4.68 Å². The number of carbonyl (C=O) groups is 1. The van der Waals surface area contributed by atoms with Crippen molar-refractivity contribution in [1.82, 2.24) is 25.1 Å². The van der Waals surface area contributed by atoms with Crippen molar-refractivity contribution in [2.75, 3.05) is 11.9 Å². The average Bonchev–Trinajstić information content (AvgIpc) is 3.00. The minimum absolute atomic E-state index is 0.0896. The molecular formula is C14H16F2N6O2. The Hall–Kier alpha value is -2.52. The smallest absolute Gasteiger partial charge is 0.407 e. The van der Waals surface area contributed by atoms with Crippen molar-refractivity contribution in [3.05, 3.63) is 12.5 Å². The van der Waals surface area contributed by atoms with E-state index in [9.17, 15) is 13.6 Å². The SMILES string of the molecule is CC(F)(F)Cn1cc2c(NC3CC4(CNC(=O)O4)C3)ncnc2n1. The number of hydrogen-bond donors (Lipinski definition) is 2. The van der Waals surface area contributed by atoms with Crippen LogP contribution < -0.4 is 10.6 Å². The van der Waals surface area contributed by atoms with Crippen molar-refractivity contribution >= 4 is 22.9 Å². The summed E-state index contributed by atoms with van der Waals surface area (Å²) in [5.41, 5.74) is -0.0743. The van der Waals surface area contributed by atoms with Crippen LogP contribution in [-0.2, 0) is 11.3 Å². The van der Waals surface area contributed by atoms with Gasteiger partial charge in [0.05, 0.1) is 11.9 Å². The van der Waals surface area contributed by atoms with Crippen molar-refractivity contribution in [1.29, 1.82) is 0 Å². The van der Waals surface area contributed by atoms with E-state index in [1.54, 1.807) is 0 Å². The number of alkyl halides is 2. The van der Waals surface area contributed by atoms with Crippen molar-refractivity contribution in [3.8, 4) is 0 Å². The van der Waals surface area contributed by atoms with Crippen molar-refractivity contribution < 1.29 is 18.3 Å². The Kier molecular flexibility index (Phi) is 3.12. The number of amides is 1. The van der Waals surface area contributed by atoms with Gasteiger partial charge in [0.1, 0.15) is 24.3 Å². The van der Waals surface area contributed by atoms with E-state index in [1.807, 2.05) is 0 Å². The van der Waals surface area contributed by atoms with E-state index in [1.165, 1.54) is 17.2 Å². The first-order chi connectivity index (χ1) is 11.3. The summed E-state index contributed by atoms with van der Waals surface area (Å²) in [7, 11) is 0.